The van der Waals surface area contributed by atoms with Crippen LogP contribution in [-0.4, -0.2) is 46.6 Å². The second-order valence-electron chi connectivity index (χ2n) is 8.58. The third kappa shape index (κ3) is 3.86. The SMILES string of the molecule is CC(C)(C)OC(=O)N[C@H]1CCN(C(=O)c2cc3occc3[nH]2)CC1(C)C. The van der Waals surface area contributed by atoms with Gasteiger partial charge in [0, 0.05) is 36.7 Å². The summed E-state index contributed by atoms with van der Waals surface area (Å²) in [5.41, 5.74) is 1.21. The number of H-pyrrole nitrogens is 1. The fraction of sp³-hybridized carbons (Fsp3) is 0.579. The van der Waals surface area contributed by atoms with Crippen LogP contribution in [0.3, 0.4) is 0 Å². The molecule has 7 heteroatoms. The molecule has 7 nitrogen and oxygen atoms in total. The first-order chi connectivity index (χ1) is 12.0. The van der Waals surface area contributed by atoms with Crippen molar-refractivity contribution in [2.45, 2.75) is 52.7 Å². The van der Waals surface area contributed by atoms with Crippen LogP contribution in [0.2, 0.25) is 0 Å². The van der Waals surface area contributed by atoms with Gasteiger partial charge in [0.2, 0.25) is 0 Å². The third-order valence-electron chi connectivity index (χ3n) is 4.68. The first-order valence-corrected chi connectivity index (χ1v) is 8.90. The van der Waals surface area contributed by atoms with Crippen molar-refractivity contribution in [3.8, 4) is 0 Å². The summed E-state index contributed by atoms with van der Waals surface area (Å²) < 4.78 is 10.7. The number of hydrogen-bond donors (Lipinski definition) is 2. The summed E-state index contributed by atoms with van der Waals surface area (Å²) in [5.74, 6) is -0.0554. The van der Waals surface area contributed by atoms with Crippen LogP contribution in [-0.2, 0) is 4.74 Å². The number of carbonyl (C=O) groups excluding carboxylic acids is 2. The number of fused-ring (bicyclic) bond motifs is 1. The van der Waals surface area contributed by atoms with Crippen molar-refractivity contribution >= 4 is 23.1 Å². The van der Waals surface area contributed by atoms with Gasteiger partial charge in [0.05, 0.1) is 11.8 Å². The standard InChI is InChI=1S/C19H27N3O4/c1-18(2,3)26-17(24)21-15-6-8-22(11-19(15,4)5)16(23)13-10-14-12(20-13)7-9-25-14/h7,9-10,15,20H,6,8,11H2,1-5H3,(H,21,24)/t15-/m0/s1. The van der Waals surface area contributed by atoms with Gasteiger partial charge in [-0.15, -0.1) is 0 Å². The molecule has 0 unspecified atom stereocenters. The van der Waals surface area contributed by atoms with E-state index in [9.17, 15) is 9.59 Å². The van der Waals surface area contributed by atoms with Crippen LogP contribution in [0.1, 0.15) is 51.5 Å². The number of likely N-dealkylation sites (tertiary alicyclic amines) is 1. The van der Waals surface area contributed by atoms with E-state index in [-0.39, 0.29) is 17.4 Å². The van der Waals surface area contributed by atoms with Crippen LogP contribution in [0, 0.1) is 5.41 Å². The predicted molar refractivity (Wildman–Crippen MR) is 98.0 cm³/mol. The van der Waals surface area contributed by atoms with Gasteiger partial charge in [-0.05, 0) is 27.2 Å². The minimum absolute atomic E-state index is 0.0543. The van der Waals surface area contributed by atoms with E-state index in [1.54, 1.807) is 18.4 Å². The van der Waals surface area contributed by atoms with E-state index in [0.29, 0.717) is 30.8 Å². The molecule has 2 aromatic heterocycles. The van der Waals surface area contributed by atoms with Gasteiger partial charge in [0.1, 0.15) is 11.3 Å². The highest BCUT2D eigenvalue weighted by Gasteiger charge is 2.39. The zero-order valence-electron chi connectivity index (χ0n) is 16.0. The van der Waals surface area contributed by atoms with Crippen molar-refractivity contribution in [3.05, 3.63) is 24.1 Å². The number of aromatic amines is 1. The van der Waals surface area contributed by atoms with Crippen molar-refractivity contribution in [3.63, 3.8) is 0 Å². The highest BCUT2D eigenvalue weighted by Crippen LogP contribution is 2.31. The molecule has 0 spiro atoms. The molecule has 142 valence electrons. The predicted octanol–water partition coefficient (Wildman–Crippen LogP) is 3.53. The van der Waals surface area contributed by atoms with Gasteiger partial charge in [-0.1, -0.05) is 13.8 Å². The molecule has 2 aromatic rings. The minimum atomic E-state index is -0.532. The molecular weight excluding hydrogens is 334 g/mol. The molecule has 3 rings (SSSR count). The minimum Gasteiger partial charge on any atom is -0.463 e. The lowest BCUT2D eigenvalue weighted by molar-refractivity contribution is 0.0304. The van der Waals surface area contributed by atoms with Crippen molar-refractivity contribution < 1.29 is 18.7 Å². The summed E-state index contributed by atoms with van der Waals surface area (Å²) in [6.45, 7) is 10.7. The van der Waals surface area contributed by atoms with E-state index >= 15 is 0 Å². The van der Waals surface area contributed by atoms with Gasteiger partial charge < -0.3 is 24.4 Å². The number of piperidine rings is 1. The van der Waals surface area contributed by atoms with Gasteiger partial charge in [0.25, 0.3) is 5.91 Å². The second kappa shape index (κ2) is 6.37. The Hall–Kier alpha value is -2.44. The van der Waals surface area contributed by atoms with Crippen LogP contribution in [0.5, 0.6) is 0 Å². The average molecular weight is 361 g/mol. The topological polar surface area (TPSA) is 87.6 Å². The highest BCUT2D eigenvalue weighted by atomic mass is 16.6. The molecule has 1 aliphatic heterocycles. The fourth-order valence-corrected chi connectivity index (χ4v) is 3.38. The number of rotatable bonds is 2. The van der Waals surface area contributed by atoms with Crippen LogP contribution in [0.15, 0.2) is 22.8 Å². The lowest BCUT2D eigenvalue weighted by Crippen LogP contribution is -2.57. The number of furan rings is 1. The molecule has 1 aliphatic rings. The molecule has 3 heterocycles. The van der Waals surface area contributed by atoms with E-state index in [4.69, 9.17) is 9.15 Å². The number of alkyl carbamates (subject to hydrolysis) is 1. The van der Waals surface area contributed by atoms with Crippen LogP contribution < -0.4 is 5.32 Å². The molecule has 0 bridgehead atoms. The lowest BCUT2D eigenvalue weighted by atomic mass is 9.79. The molecule has 0 saturated carbocycles. The van der Waals surface area contributed by atoms with E-state index in [2.05, 4.69) is 24.1 Å². The molecule has 26 heavy (non-hydrogen) atoms. The molecule has 0 radical (unpaired) electrons. The summed E-state index contributed by atoms with van der Waals surface area (Å²) in [6.07, 6.45) is 1.85. The monoisotopic (exact) mass is 361 g/mol. The number of nitrogens with one attached hydrogen (secondary N) is 2. The first-order valence-electron chi connectivity index (χ1n) is 8.90. The maximum atomic E-state index is 12.8. The Morgan fingerprint density at radius 3 is 2.73 bits per heavy atom. The van der Waals surface area contributed by atoms with Gasteiger partial charge in [-0.25, -0.2) is 4.79 Å². The maximum absolute atomic E-state index is 12.8. The quantitative estimate of drug-likeness (QED) is 0.857. The molecule has 1 atom stereocenters. The summed E-state index contributed by atoms with van der Waals surface area (Å²) >= 11 is 0. The van der Waals surface area contributed by atoms with Crippen LogP contribution in [0.25, 0.3) is 11.1 Å². The summed E-state index contributed by atoms with van der Waals surface area (Å²) in [6, 6.07) is 3.48. The van der Waals surface area contributed by atoms with Crippen molar-refractivity contribution in [2.24, 2.45) is 5.41 Å². The number of ether oxygens (including phenoxy) is 1. The van der Waals surface area contributed by atoms with Crippen LogP contribution >= 0.6 is 0 Å². The number of amides is 2. The Balaban J connectivity index is 1.65. The Kier molecular flexibility index (Phi) is 4.50. The number of aromatic nitrogens is 1. The van der Waals surface area contributed by atoms with Crippen molar-refractivity contribution in [1.29, 1.82) is 0 Å². The highest BCUT2D eigenvalue weighted by molar-refractivity contribution is 5.96. The van der Waals surface area contributed by atoms with Gasteiger partial charge in [-0.3, -0.25) is 4.79 Å². The number of nitrogens with zero attached hydrogens (tertiary/aromatic N) is 1. The number of carbonyl (C=O) groups is 2. The molecule has 2 amide bonds. The molecule has 0 aromatic carbocycles. The van der Waals surface area contributed by atoms with E-state index in [1.807, 2.05) is 25.7 Å². The second-order valence-corrected chi connectivity index (χ2v) is 8.58. The Labute approximate surface area is 153 Å². The third-order valence-corrected chi connectivity index (χ3v) is 4.68. The van der Waals surface area contributed by atoms with Crippen LogP contribution in [0.4, 0.5) is 4.79 Å². The van der Waals surface area contributed by atoms with Gasteiger partial charge in [0.15, 0.2) is 5.58 Å². The van der Waals surface area contributed by atoms with E-state index < -0.39 is 11.7 Å². The molecule has 1 fully saturated rings. The van der Waals surface area contributed by atoms with Gasteiger partial charge >= 0.3 is 6.09 Å². The summed E-state index contributed by atoms with van der Waals surface area (Å²) in [7, 11) is 0. The van der Waals surface area contributed by atoms with E-state index in [1.165, 1.54) is 0 Å². The zero-order chi connectivity index (χ0) is 19.1. The molecule has 2 N–H and O–H groups in total. The Morgan fingerprint density at radius 1 is 1.38 bits per heavy atom. The summed E-state index contributed by atoms with van der Waals surface area (Å²) in [4.78, 5) is 29.8. The van der Waals surface area contributed by atoms with Gasteiger partial charge in [-0.2, -0.15) is 0 Å². The zero-order valence-corrected chi connectivity index (χ0v) is 16.0. The fourth-order valence-electron chi connectivity index (χ4n) is 3.38. The Bertz CT molecular complexity index is 784. The summed E-state index contributed by atoms with van der Waals surface area (Å²) in [5, 5.41) is 2.96. The van der Waals surface area contributed by atoms with Crippen molar-refractivity contribution in [2.75, 3.05) is 13.1 Å². The number of hydrogen-bond acceptors (Lipinski definition) is 4. The average Bonchev–Trinajstić information content (AvgIpc) is 3.07. The molecule has 1 saturated heterocycles. The van der Waals surface area contributed by atoms with E-state index in [0.717, 1.165) is 5.52 Å². The smallest absolute Gasteiger partial charge is 0.407 e. The van der Waals surface area contributed by atoms with Crippen molar-refractivity contribution in [1.82, 2.24) is 15.2 Å². The molecular formula is C19H27N3O4. The molecule has 0 aliphatic carbocycles. The largest absolute Gasteiger partial charge is 0.463 e. The normalized spacial score (nSPS) is 20.2. The maximum Gasteiger partial charge on any atom is 0.407 e. The first kappa shape index (κ1) is 18.4. The Morgan fingerprint density at radius 2 is 2.12 bits per heavy atom. The lowest BCUT2D eigenvalue weighted by Gasteiger charge is -2.44.